The summed E-state index contributed by atoms with van der Waals surface area (Å²) in [6.07, 6.45) is 1.91. The molecule has 0 aromatic carbocycles. The van der Waals surface area contributed by atoms with E-state index in [4.69, 9.17) is 0 Å². The quantitative estimate of drug-likeness (QED) is 0.337. The SMILES string of the molecule is CC(O)C(C=O)NC(=O)CN1CC2(CCCN2C(=O)c2ncnn2C)C1=O.CN. The van der Waals surface area contributed by atoms with Crippen LogP contribution in [0.5, 0.6) is 0 Å². The van der Waals surface area contributed by atoms with Crippen molar-refractivity contribution in [2.24, 2.45) is 12.8 Å². The Labute approximate surface area is 168 Å². The molecule has 4 N–H and O–H groups in total. The van der Waals surface area contributed by atoms with Gasteiger partial charge < -0.3 is 30.8 Å². The third-order valence-corrected chi connectivity index (χ3v) is 5.10. The topological polar surface area (TPSA) is 164 Å². The lowest BCUT2D eigenvalue weighted by Crippen LogP contribution is -2.73. The molecule has 3 rings (SSSR count). The summed E-state index contributed by atoms with van der Waals surface area (Å²) in [5, 5.41) is 15.7. The van der Waals surface area contributed by atoms with E-state index < -0.39 is 23.6 Å². The van der Waals surface area contributed by atoms with Crippen LogP contribution >= 0.6 is 0 Å². The number of aliphatic hydroxyl groups excluding tert-OH is 1. The molecule has 2 aliphatic rings. The number of β-lactam (4-membered cyclic amide) rings is 1. The van der Waals surface area contributed by atoms with Crippen molar-refractivity contribution in [1.29, 1.82) is 0 Å². The Morgan fingerprint density at radius 3 is 2.66 bits per heavy atom. The number of aromatic nitrogens is 3. The van der Waals surface area contributed by atoms with E-state index in [0.717, 1.165) is 0 Å². The van der Waals surface area contributed by atoms with Gasteiger partial charge in [0.2, 0.25) is 11.7 Å². The molecule has 12 heteroatoms. The molecule has 0 bridgehead atoms. The molecule has 160 valence electrons. The van der Waals surface area contributed by atoms with Crippen LogP contribution in [0.4, 0.5) is 0 Å². The molecule has 1 aromatic heterocycles. The molecule has 12 nitrogen and oxygen atoms in total. The number of aliphatic hydroxyl groups is 1. The van der Waals surface area contributed by atoms with Gasteiger partial charge in [0.25, 0.3) is 11.8 Å². The molecule has 0 aliphatic carbocycles. The molecular weight excluding hydrogens is 382 g/mol. The first-order chi connectivity index (χ1) is 13.8. The summed E-state index contributed by atoms with van der Waals surface area (Å²) in [4.78, 5) is 55.2. The summed E-state index contributed by atoms with van der Waals surface area (Å²) < 4.78 is 1.36. The lowest BCUT2D eigenvalue weighted by Gasteiger charge is -2.50. The zero-order valence-corrected chi connectivity index (χ0v) is 16.7. The molecule has 2 saturated heterocycles. The Hall–Kier alpha value is -2.86. The minimum atomic E-state index is -1.03. The Morgan fingerprint density at radius 1 is 1.45 bits per heavy atom. The lowest BCUT2D eigenvalue weighted by molar-refractivity contribution is -0.161. The number of nitrogens with zero attached hydrogens (tertiary/aromatic N) is 5. The third kappa shape index (κ3) is 4.12. The van der Waals surface area contributed by atoms with Crippen molar-refractivity contribution in [1.82, 2.24) is 29.9 Å². The lowest BCUT2D eigenvalue weighted by atomic mass is 9.85. The van der Waals surface area contributed by atoms with Crippen molar-refractivity contribution in [3.63, 3.8) is 0 Å². The van der Waals surface area contributed by atoms with Gasteiger partial charge in [0, 0.05) is 13.6 Å². The Balaban J connectivity index is 0.00000145. The molecule has 1 aromatic rings. The minimum Gasteiger partial charge on any atom is -0.391 e. The van der Waals surface area contributed by atoms with Gasteiger partial charge in [-0.25, -0.2) is 9.67 Å². The van der Waals surface area contributed by atoms with E-state index in [9.17, 15) is 24.3 Å². The van der Waals surface area contributed by atoms with E-state index in [1.165, 1.54) is 34.8 Å². The number of rotatable bonds is 6. The summed E-state index contributed by atoms with van der Waals surface area (Å²) in [7, 11) is 3.10. The van der Waals surface area contributed by atoms with Crippen molar-refractivity contribution in [2.45, 2.75) is 37.5 Å². The fourth-order valence-electron chi connectivity index (χ4n) is 3.63. The van der Waals surface area contributed by atoms with E-state index in [-0.39, 0.29) is 30.7 Å². The van der Waals surface area contributed by atoms with Gasteiger partial charge in [-0.05, 0) is 26.8 Å². The van der Waals surface area contributed by atoms with Crippen LogP contribution < -0.4 is 11.1 Å². The molecule has 0 saturated carbocycles. The van der Waals surface area contributed by atoms with Crippen LogP contribution in [0.3, 0.4) is 0 Å². The van der Waals surface area contributed by atoms with E-state index in [1.54, 1.807) is 7.05 Å². The molecule has 1 spiro atoms. The van der Waals surface area contributed by atoms with Gasteiger partial charge in [0.1, 0.15) is 24.2 Å². The predicted octanol–water partition coefficient (Wildman–Crippen LogP) is -2.73. The minimum absolute atomic E-state index is 0.158. The highest BCUT2D eigenvalue weighted by molar-refractivity contribution is 6.02. The molecular formula is C17H27N7O5. The second-order valence-electron chi connectivity index (χ2n) is 6.93. The van der Waals surface area contributed by atoms with Gasteiger partial charge in [-0.3, -0.25) is 14.4 Å². The van der Waals surface area contributed by atoms with Crippen molar-refractivity contribution in [2.75, 3.05) is 26.7 Å². The number of aldehydes is 1. The second kappa shape index (κ2) is 9.09. The largest absolute Gasteiger partial charge is 0.391 e. The van der Waals surface area contributed by atoms with E-state index >= 15 is 0 Å². The number of amides is 3. The first-order valence-electron chi connectivity index (χ1n) is 9.26. The molecule has 3 amide bonds. The van der Waals surface area contributed by atoms with Gasteiger partial charge in [-0.2, -0.15) is 5.10 Å². The van der Waals surface area contributed by atoms with E-state index in [1.807, 2.05) is 0 Å². The zero-order valence-electron chi connectivity index (χ0n) is 16.7. The molecule has 29 heavy (non-hydrogen) atoms. The average Bonchev–Trinajstić information content (AvgIpc) is 3.34. The van der Waals surface area contributed by atoms with E-state index in [0.29, 0.717) is 25.7 Å². The summed E-state index contributed by atoms with van der Waals surface area (Å²) >= 11 is 0. The van der Waals surface area contributed by atoms with Crippen molar-refractivity contribution in [3.05, 3.63) is 12.2 Å². The van der Waals surface area contributed by atoms with Gasteiger partial charge in [0.15, 0.2) is 0 Å². The first kappa shape index (κ1) is 22.4. The predicted molar refractivity (Wildman–Crippen MR) is 100 cm³/mol. The fraction of sp³-hybridized carbons (Fsp3) is 0.647. The van der Waals surface area contributed by atoms with Gasteiger partial charge in [0.05, 0.1) is 19.2 Å². The maximum atomic E-state index is 12.8. The smallest absolute Gasteiger partial charge is 0.292 e. The number of carbonyl (C=O) groups excluding carboxylic acids is 4. The summed E-state index contributed by atoms with van der Waals surface area (Å²) in [5.41, 5.74) is 3.55. The molecule has 2 fully saturated rings. The third-order valence-electron chi connectivity index (χ3n) is 5.10. The summed E-state index contributed by atoms with van der Waals surface area (Å²) in [6.45, 7) is 1.83. The fourth-order valence-corrected chi connectivity index (χ4v) is 3.63. The molecule has 3 heterocycles. The molecule has 3 atom stereocenters. The van der Waals surface area contributed by atoms with Crippen molar-refractivity contribution < 1.29 is 24.3 Å². The zero-order chi connectivity index (χ0) is 21.8. The number of hydrogen-bond donors (Lipinski definition) is 3. The summed E-state index contributed by atoms with van der Waals surface area (Å²) in [5.74, 6) is -1.04. The molecule has 3 unspecified atom stereocenters. The Morgan fingerprint density at radius 2 is 2.14 bits per heavy atom. The number of likely N-dealkylation sites (tertiary alicyclic amines) is 2. The van der Waals surface area contributed by atoms with Crippen LogP contribution in [0.2, 0.25) is 0 Å². The highest BCUT2D eigenvalue weighted by Crippen LogP contribution is 2.39. The molecule has 0 radical (unpaired) electrons. The van der Waals surface area contributed by atoms with Gasteiger partial charge >= 0.3 is 0 Å². The normalized spacial score (nSPS) is 22.4. The van der Waals surface area contributed by atoms with Crippen LogP contribution in [-0.2, 0) is 21.4 Å². The van der Waals surface area contributed by atoms with Gasteiger partial charge in [-0.15, -0.1) is 0 Å². The van der Waals surface area contributed by atoms with Gasteiger partial charge in [-0.1, -0.05) is 0 Å². The summed E-state index contributed by atoms with van der Waals surface area (Å²) in [6, 6.07) is -1.02. The van der Waals surface area contributed by atoms with Crippen LogP contribution in [-0.4, -0.2) is 98.0 Å². The number of nitrogens with one attached hydrogen (secondary N) is 1. The Kier molecular flexibility index (Phi) is 7.03. The maximum Gasteiger partial charge on any atom is 0.292 e. The van der Waals surface area contributed by atoms with Crippen LogP contribution in [0.25, 0.3) is 0 Å². The number of hydrogen-bond acceptors (Lipinski definition) is 8. The second-order valence-corrected chi connectivity index (χ2v) is 6.93. The highest BCUT2D eigenvalue weighted by atomic mass is 16.3. The average molecular weight is 409 g/mol. The molecule has 2 aliphatic heterocycles. The maximum absolute atomic E-state index is 12.8. The standard InChI is InChI=1S/C16H22N6O5.CH5N/c1-10(24)11(7-23)19-12(25)6-21-8-16(15(21)27)4-3-5-22(16)14(26)13-17-9-18-20(13)2;1-2/h7,9-11,24H,3-6,8H2,1-2H3,(H,19,25);2H2,1H3. The monoisotopic (exact) mass is 409 g/mol. The van der Waals surface area contributed by atoms with Crippen LogP contribution in [0, 0.1) is 0 Å². The van der Waals surface area contributed by atoms with Crippen molar-refractivity contribution >= 4 is 24.0 Å². The number of aryl methyl sites for hydroxylation is 1. The highest BCUT2D eigenvalue weighted by Gasteiger charge is 2.60. The Bertz CT molecular complexity index is 780. The van der Waals surface area contributed by atoms with E-state index in [2.05, 4.69) is 21.1 Å². The number of nitrogens with two attached hydrogens (primary N) is 1. The van der Waals surface area contributed by atoms with Crippen LogP contribution in [0.15, 0.2) is 6.33 Å². The first-order valence-corrected chi connectivity index (χ1v) is 9.26. The van der Waals surface area contributed by atoms with Crippen LogP contribution in [0.1, 0.15) is 30.4 Å². The van der Waals surface area contributed by atoms with Crippen molar-refractivity contribution in [3.8, 4) is 0 Å². The number of carbonyl (C=O) groups is 4.